The first kappa shape index (κ1) is 19.2. The SMILES string of the molecule is CCN=C(C1=C(N)CCC1)c1nc(-c2nc(C(N)=O)cc(NC)c2C=N)n[nH]1. The summed E-state index contributed by atoms with van der Waals surface area (Å²) >= 11 is 0. The summed E-state index contributed by atoms with van der Waals surface area (Å²) in [4.78, 5) is 25.0. The van der Waals surface area contributed by atoms with Crippen LogP contribution in [0, 0.1) is 5.41 Å². The summed E-state index contributed by atoms with van der Waals surface area (Å²) in [6.45, 7) is 2.51. The van der Waals surface area contributed by atoms with Gasteiger partial charge in [-0.25, -0.2) is 9.97 Å². The van der Waals surface area contributed by atoms with Crippen LogP contribution in [-0.2, 0) is 0 Å². The Bertz CT molecular complexity index is 987. The molecule has 1 aliphatic rings. The van der Waals surface area contributed by atoms with E-state index in [1.54, 1.807) is 7.05 Å². The molecule has 2 aromatic heterocycles. The molecule has 0 unspecified atom stereocenters. The van der Waals surface area contributed by atoms with Crippen molar-refractivity contribution in [1.29, 1.82) is 5.41 Å². The van der Waals surface area contributed by atoms with Gasteiger partial charge in [0, 0.05) is 36.8 Å². The van der Waals surface area contributed by atoms with E-state index in [4.69, 9.17) is 16.9 Å². The normalized spacial score (nSPS) is 14.4. The maximum absolute atomic E-state index is 11.6. The van der Waals surface area contributed by atoms with Crippen LogP contribution in [0.5, 0.6) is 0 Å². The minimum Gasteiger partial charge on any atom is -0.402 e. The number of H-pyrrole nitrogens is 1. The monoisotopic (exact) mass is 381 g/mol. The van der Waals surface area contributed by atoms with Crippen LogP contribution in [0.1, 0.15) is 48.1 Å². The van der Waals surface area contributed by atoms with Crippen molar-refractivity contribution in [1.82, 2.24) is 20.2 Å². The number of rotatable bonds is 7. The van der Waals surface area contributed by atoms with Crippen LogP contribution in [0.3, 0.4) is 0 Å². The molecule has 0 aliphatic heterocycles. The molecule has 0 radical (unpaired) electrons. The summed E-state index contributed by atoms with van der Waals surface area (Å²) < 4.78 is 0. The number of primary amides is 1. The molecule has 2 aromatic rings. The lowest BCUT2D eigenvalue weighted by Crippen LogP contribution is -2.15. The Labute approximate surface area is 162 Å². The molecule has 0 atom stereocenters. The molecule has 28 heavy (non-hydrogen) atoms. The lowest BCUT2D eigenvalue weighted by Gasteiger charge is -2.10. The number of pyridine rings is 1. The minimum absolute atomic E-state index is 0.0569. The molecular weight excluding hydrogens is 358 g/mol. The average Bonchev–Trinajstić information content (AvgIpc) is 3.34. The zero-order chi connectivity index (χ0) is 20.3. The van der Waals surface area contributed by atoms with Crippen molar-refractivity contribution in [2.75, 3.05) is 18.9 Å². The van der Waals surface area contributed by atoms with Crippen molar-refractivity contribution in [2.24, 2.45) is 16.5 Å². The van der Waals surface area contributed by atoms with E-state index in [9.17, 15) is 4.79 Å². The van der Waals surface area contributed by atoms with Crippen molar-refractivity contribution < 1.29 is 4.79 Å². The first-order chi connectivity index (χ1) is 13.5. The maximum Gasteiger partial charge on any atom is 0.267 e. The number of nitrogens with zero attached hydrogens (tertiary/aromatic N) is 4. The molecule has 0 saturated heterocycles. The first-order valence-corrected chi connectivity index (χ1v) is 8.98. The van der Waals surface area contributed by atoms with Gasteiger partial charge in [0.25, 0.3) is 5.91 Å². The number of carbonyl (C=O) groups is 1. The van der Waals surface area contributed by atoms with E-state index in [2.05, 4.69) is 30.5 Å². The van der Waals surface area contributed by atoms with Gasteiger partial charge in [0.15, 0.2) is 5.82 Å². The Kier molecular flexibility index (Phi) is 5.48. The highest BCUT2D eigenvalue weighted by Gasteiger charge is 2.23. The van der Waals surface area contributed by atoms with Gasteiger partial charge in [0.2, 0.25) is 5.82 Å². The van der Waals surface area contributed by atoms with Crippen molar-refractivity contribution in [3.05, 3.63) is 34.4 Å². The topological polar surface area (TPSA) is 172 Å². The summed E-state index contributed by atoms with van der Waals surface area (Å²) in [6.07, 6.45) is 3.79. The molecule has 7 N–H and O–H groups in total. The van der Waals surface area contributed by atoms with E-state index in [-0.39, 0.29) is 17.2 Å². The molecule has 0 fully saturated rings. The summed E-state index contributed by atoms with van der Waals surface area (Å²) in [5.41, 5.74) is 15.3. The smallest absolute Gasteiger partial charge is 0.267 e. The van der Waals surface area contributed by atoms with Crippen LogP contribution in [0.25, 0.3) is 11.5 Å². The van der Waals surface area contributed by atoms with E-state index in [0.717, 1.165) is 36.7 Å². The van der Waals surface area contributed by atoms with Gasteiger partial charge in [-0.3, -0.25) is 14.9 Å². The largest absolute Gasteiger partial charge is 0.402 e. The Morgan fingerprint density at radius 1 is 1.43 bits per heavy atom. The third kappa shape index (κ3) is 3.48. The van der Waals surface area contributed by atoms with Crippen LogP contribution < -0.4 is 16.8 Å². The third-order valence-corrected chi connectivity index (χ3v) is 4.51. The van der Waals surface area contributed by atoms with Gasteiger partial charge < -0.3 is 22.2 Å². The predicted molar refractivity (Wildman–Crippen MR) is 108 cm³/mol. The number of nitrogens with two attached hydrogens (primary N) is 2. The number of anilines is 1. The number of amides is 1. The van der Waals surface area contributed by atoms with Crippen LogP contribution in [0.2, 0.25) is 0 Å². The second-order valence-corrected chi connectivity index (χ2v) is 6.26. The number of aromatic nitrogens is 4. The Balaban J connectivity index is 2.12. The molecular formula is C18H23N9O. The first-order valence-electron chi connectivity index (χ1n) is 8.98. The highest BCUT2D eigenvalue weighted by Crippen LogP contribution is 2.28. The Hall–Kier alpha value is -3.56. The predicted octanol–water partition coefficient (Wildman–Crippen LogP) is 1.21. The lowest BCUT2D eigenvalue weighted by atomic mass is 10.1. The molecule has 10 heteroatoms. The van der Waals surface area contributed by atoms with E-state index >= 15 is 0 Å². The number of hydrogen-bond donors (Lipinski definition) is 5. The van der Waals surface area contributed by atoms with Gasteiger partial charge in [-0.1, -0.05) is 0 Å². The standard InChI is InChI=1S/C18H23N9O/c1-3-23-14(9-5-4-6-11(9)20)17-25-18(27-26-17)15-10(8-19)12(22-2)7-13(24-15)16(21)28/h7-8,19H,3-6,20H2,1-2H3,(H2,21,28)(H,22,24)(H,25,26,27). The fourth-order valence-electron chi connectivity index (χ4n) is 3.19. The van der Waals surface area contributed by atoms with Gasteiger partial charge in [-0.05, 0) is 37.8 Å². The number of nitrogens with one attached hydrogen (secondary N) is 3. The number of carbonyl (C=O) groups excluding carboxylic acids is 1. The molecule has 2 heterocycles. The summed E-state index contributed by atoms with van der Waals surface area (Å²) in [5, 5.41) is 17.8. The van der Waals surface area contributed by atoms with Gasteiger partial charge in [-0.15, -0.1) is 0 Å². The molecule has 3 rings (SSSR count). The number of hydrogen-bond acceptors (Lipinski definition) is 8. The zero-order valence-corrected chi connectivity index (χ0v) is 15.8. The van der Waals surface area contributed by atoms with Gasteiger partial charge >= 0.3 is 0 Å². The average molecular weight is 381 g/mol. The van der Waals surface area contributed by atoms with E-state index in [0.29, 0.717) is 29.3 Å². The minimum atomic E-state index is -0.679. The fourth-order valence-corrected chi connectivity index (χ4v) is 3.19. The van der Waals surface area contributed by atoms with Crippen LogP contribution >= 0.6 is 0 Å². The molecule has 0 aromatic carbocycles. The molecule has 0 spiro atoms. The molecule has 1 aliphatic carbocycles. The molecule has 1 amide bonds. The van der Waals surface area contributed by atoms with E-state index < -0.39 is 5.91 Å². The van der Waals surface area contributed by atoms with Crippen LogP contribution in [0.4, 0.5) is 5.69 Å². The van der Waals surface area contributed by atoms with Crippen molar-refractivity contribution in [3.63, 3.8) is 0 Å². The quantitative estimate of drug-likeness (QED) is 0.451. The van der Waals surface area contributed by atoms with Crippen molar-refractivity contribution in [3.8, 4) is 11.5 Å². The molecule has 146 valence electrons. The lowest BCUT2D eigenvalue weighted by molar-refractivity contribution is 0.0995. The Morgan fingerprint density at radius 3 is 2.79 bits per heavy atom. The second kappa shape index (κ2) is 7.99. The Morgan fingerprint density at radius 2 is 2.21 bits per heavy atom. The van der Waals surface area contributed by atoms with Crippen LogP contribution in [-0.4, -0.2) is 51.6 Å². The molecule has 0 bridgehead atoms. The van der Waals surface area contributed by atoms with Crippen LogP contribution in [0.15, 0.2) is 22.3 Å². The number of aromatic amines is 1. The van der Waals surface area contributed by atoms with Gasteiger partial charge in [0.1, 0.15) is 17.1 Å². The highest BCUT2D eigenvalue weighted by molar-refractivity contribution is 6.11. The fraction of sp³-hybridized carbons (Fsp3) is 0.333. The highest BCUT2D eigenvalue weighted by atomic mass is 16.1. The van der Waals surface area contributed by atoms with E-state index in [1.165, 1.54) is 6.07 Å². The van der Waals surface area contributed by atoms with Crippen molar-refractivity contribution >= 4 is 23.5 Å². The summed E-state index contributed by atoms with van der Waals surface area (Å²) in [6, 6.07) is 1.49. The second-order valence-electron chi connectivity index (χ2n) is 6.26. The number of allylic oxidation sites excluding steroid dienone is 2. The molecule has 0 saturated carbocycles. The van der Waals surface area contributed by atoms with Crippen molar-refractivity contribution in [2.45, 2.75) is 26.2 Å². The zero-order valence-electron chi connectivity index (χ0n) is 15.8. The van der Waals surface area contributed by atoms with Gasteiger partial charge in [-0.2, -0.15) is 5.10 Å². The summed E-state index contributed by atoms with van der Waals surface area (Å²) in [5.74, 6) is 0.0427. The third-order valence-electron chi connectivity index (χ3n) is 4.51. The maximum atomic E-state index is 11.6. The molecule has 10 nitrogen and oxygen atoms in total. The van der Waals surface area contributed by atoms with E-state index in [1.807, 2.05) is 6.92 Å². The van der Waals surface area contributed by atoms with Gasteiger partial charge in [0.05, 0.1) is 0 Å². The number of aliphatic imine (C=N–C) groups is 1. The summed E-state index contributed by atoms with van der Waals surface area (Å²) in [7, 11) is 1.68.